The van der Waals surface area contributed by atoms with E-state index in [0.717, 1.165) is 0 Å². The van der Waals surface area contributed by atoms with Crippen molar-refractivity contribution >= 4 is 13.1 Å². The standard InChI is InChI=1S/C3H7.3C2H5.Al.Li/c1-3-2;3*1-2;;/h1,3H2,2H3;3*1H2,2H3;;/q;;;;-1;+1. The molecular formula is C9H22AlLi. The molecule has 0 nitrogen and oxygen atoms in total. The van der Waals surface area contributed by atoms with Gasteiger partial charge in [-0.05, 0) is 0 Å². The number of hydrogen-bond acceptors (Lipinski definition) is 0. The molecule has 0 radical (unpaired) electrons. The van der Waals surface area contributed by atoms with E-state index < -0.39 is 13.1 Å². The van der Waals surface area contributed by atoms with Crippen LogP contribution in [0.25, 0.3) is 0 Å². The molecule has 0 aliphatic carbocycles. The van der Waals surface area contributed by atoms with Crippen molar-refractivity contribution in [3.8, 4) is 0 Å². The predicted octanol–water partition coefficient (Wildman–Crippen LogP) is 0.909. The van der Waals surface area contributed by atoms with Crippen LogP contribution in [0, 0.1) is 0 Å². The molecule has 0 rings (SSSR count). The summed E-state index contributed by atoms with van der Waals surface area (Å²) >= 11 is -0.996. The molecule has 0 N–H and O–H groups in total. The van der Waals surface area contributed by atoms with Gasteiger partial charge in [-0.1, -0.05) is 13.3 Å². The van der Waals surface area contributed by atoms with Crippen molar-refractivity contribution in [3.05, 3.63) is 0 Å². The maximum Gasteiger partial charge on any atom is 1.00 e. The molecule has 62 valence electrons. The Morgan fingerprint density at radius 3 is 1.27 bits per heavy atom. The first-order valence-corrected chi connectivity index (χ1v) is 8.23. The van der Waals surface area contributed by atoms with E-state index in [1.54, 1.807) is 5.28 Å². The van der Waals surface area contributed by atoms with Crippen molar-refractivity contribution < 1.29 is 18.9 Å². The largest absolute Gasteiger partial charge is 1.00 e. The summed E-state index contributed by atoms with van der Waals surface area (Å²) in [5.41, 5.74) is 0. The van der Waals surface area contributed by atoms with E-state index in [2.05, 4.69) is 27.7 Å². The zero-order valence-electron chi connectivity index (χ0n) is 9.11. The molecule has 0 amide bonds. The minimum atomic E-state index is -0.996. The molecule has 11 heavy (non-hydrogen) atoms. The summed E-state index contributed by atoms with van der Waals surface area (Å²) in [5, 5.41) is 6.14. The molecule has 0 saturated heterocycles. The van der Waals surface area contributed by atoms with Crippen molar-refractivity contribution in [1.29, 1.82) is 0 Å². The third-order valence-electron chi connectivity index (χ3n) is 3.50. The van der Waals surface area contributed by atoms with E-state index in [1.807, 2.05) is 0 Å². The third kappa shape index (κ3) is 4.65. The summed E-state index contributed by atoms with van der Waals surface area (Å²) in [6, 6.07) is 0. The average Bonchev–Trinajstić information content (AvgIpc) is 2.01. The Bertz CT molecular complexity index is 71.4. The fourth-order valence-electron chi connectivity index (χ4n) is 2.09. The van der Waals surface area contributed by atoms with Crippen LogP contribution in [-0.2, 0) is 0 Å². The van der Waals surface area contributed by atoms with Gasteiger partial charge in [-0.2, -0.15) is 21.1 Å². The second-order valence-electron chi connectivity index (χ2n) is 3.75. The maximum absolute atomic E-state index is 2.40. The molecule has 0 bridgehead atoms. The van der Waals surface area contributed by atoms with Crippen LogP contribution < -0.4 is 18.9 Å². The van der Waals surface area contributed by atoms with Crippen molar-refractivity contribution in [2.75, 3.05) is 0 Å². The van der Waals surface area contributed by atoms with Gasteiger partial charge in [0.15, 0.2) is 0 Å². The van der Waals surface area contributed by atoms with Gasteiger partial charge in [0.1, 0.15) is 13.1 Å². The van der Waals surface area contributed by atoms with Crippen LogP contribution in [0.4, 0.5) is 0 Å². The van der Waals surface area contributed by atoms with Gasteiger partial charge in [-0.25, -0.2) is 0 Å². The van der Waals surface area contributed by atoms with Crippen molar-refractivity contribution in [2.24, 2.45) is 0 Å². The molecule has 0 fully saturated rings. The summed E-state index contributed by atoms with van der Waals surface area (Å²) in [6.07, 6.45) is 1.42. The Balaban J connectivity index is 0. The van der Waals surface area contributed by atoms with Gasteiger partial charge < -0.3 is 0 Å². The topological polar surface area (TPSA) is 0 Å². The molecule has 2 heteroatoms. The second-order valence-corrected chi connectivity index (χ2v) is 10.2. The molecule has 0 aromatic heterocycles. The van der Waals surface area contributed by atoms with Crippen LogP contribution in [0.1, 0.15) is 34.1 Å². The van der Waals surface area contributed by atoms with Crippen molar-refractivity contribution in [3.63, 3.8) is 0 Å². The third-order valence-corrected chi connectivity index (χ3v) is 10.5. The van der Waals surface area contributed by atoms with Gasteiger partial charge in [0, 0.05) is 0 Å². The SMILES string of the molecule is CC[CH2][Al-]([CH2]C)([CH2]C)[CH2]C.[Li+]. The Morgan fingerprint density at radius 1 is 0.818 bits per heavy atom. The second kappa shape index (κ2) is 7.76. The Labute approximate surface area is 87.0 Å². The molecule has 0 aromatic carbocycles. The van der Waals surface area contributed by atoms with E-state index in [9.17, 15) is 0 Å². The summed E-state index contributed by atoms with van der Waals surface area (Å²) in [6.45, 7) is 9.52. The molecule has 0 spiro atoms. The van der Waals surface area contributed by atoms with Crippen molar-refractivity contribution in [2.45, 2.75) is 55.2 Å². The van der Waals surface area contributed by atoms with E-state index in [-0.39, 0.29) is 18.9 Å². The van der Waals surface area contributed by atoms with Gasteiger partial charge in [-0.3, -0.25) is 0 Å². The average molecular weight is 164 g/mol. The molecule has 0 atom stereocenters. The smallest absolute Gasteiger partial charge is 0.194 e. The van der Waals surface area contributed by atoms with Crippen LogP contribution in [0.2, 0.25) is 21.1 Å². The van der Waals surface area contributed by atoms with E-state index in [0.29, 0.717) is 0 Å². The maximum atomic E-state index is 2.40. The quantitative estimate of drug-likeness (QED) is 0.530. The molecule has 0 saturated carbocycles. The van der Waals surface area contributed by atoms with Crippen LogP contribution in [0.15, 0.2) is 0 Å². The first-order valence-electron chi connectivity index (χ1n) is 4.96. The van der Waals surface area contributed by atoms with Gasteiger partial charge in [0.2, 0.25) is 0 Å². The fourth-order valence-corrected chi connectivity index (χ4v) is 6.27. The molecule has 0 aromatic rings. The first kappa shape index (κ1) is 14.6. The summed E-state index contributed by atoms with van der Waals surface area (Å²) < 4.78 is 0. The summed E-state index contributed by atoms with van der Waals surface area (Å²) in [4.78, 5) is 0. The molecule has 0 aliphatic heterocycles. The predicted molar refractivity (Wildman–Crippen MR) is 52.3 cm³/mol. The summed E-state index contributed by atoms with van der Waals surface area (Å²) in [5.74, 6) is 0. The Hall–Kier alpha value is 1.13. The molecule has 0 unspecified atom stereocenters. The van der Waals surface area contributed by atoms with Crippen LogP contribution >= 0.6 is 0 Å². The van der Waals surface area contributed by atoms with Crippen LogP contribution in [0.5, 0.6) is 0 Å². The van der Waals surface area contributed by atoms with Crippen LogP contribution in [0.3, 0.4) is 0 Å². The molecule has 0 aliphatic rings. The monoisotopic (exact) mass is 164 g/mol. The van der Waals surface area contributed by atoms with E-state index in [1.165, 1.54) is 22.3 Å². The normalized spacial score (nSPS) is 10.9. The van der Waals surface area contributed by atoms with Gasteiger partial charge >= 0.3 is 18.9 Å². The zero-order valence-corrected chi connectivity index (χ0v) is 10.3. The first-order chi connectivity index (χ1) is 4.74. The van der Waals surface area contributed by atoms with E-state index in [4.69, 9.17) is 0 Å². The van der Waals surface area contributed by atoms with E-state index >= 15 is 0 Å². The number of rotatable bonds is 5. The Morgan fingerprint density at radius 2 is 1.18 bits per heavy atom. The van der Waals surface area contributed by atoms with Gasteiger partial charge in [0.25, 0.3) is 0 Å². The zero-order chi connectivity index (χ0) is 8.04. The fraction of sp³-hybridized carbons (Fsp3) is 1.00. The minimum Gasteiger partial charge on any atom is -0.194 e. The van der Waals surface area contributed by atoms with Gasteiger partial charge in [-0.15, -0.1) is 20.8 Å². The van der Waals surface area contributed by atoms with Crippen LogP contribution in [-0.4, -0.2) is 13.1 Å². The Kier molecular flexibility index (Phi) is 10.3. The minimum absolute atomic E-state index is 0. The summed E-state index contributed by atoms with van der Waals surface area (Å²) in [7, 11) is 0. The van der Waals surface area contributed by atoms with Crippen molar-refractivity contribution in [1.82, 2.24) is 0 Å². The molecular weight excluding hydrogens is 142 g/mol. The van der Waals surface area contributed by atoms with Gasteiger partial charge in [0.05, 0.1) is 0 Å². The molecule has 0 heterocycles. The number of hydrogen-bond donors (Lipinski definition) is 0.